The number of carbonyl (C=O) groups excluding carboxylic acids is 1. The van der Waals surface area contributed by atoms with E-state index in [-0.39, 0.29) is 16.8 Å². The molecule has 2 aromatic rings. The molecule has 5 nitrogen and oxygen atoms in total. The van der Waals surface area contributed by atoms with E-state index in [1.165, 1.54) is 6.07 Å². The lowest BCUT2D eigenvalue weighted by Gasteiger charge is -2.32. The number of benzene rings is 2. The minimum atomic E-state index is -3.60. The number of rotatable bonds is 5. The molecule has 1 amide bonds. The lowest BCUT2D eigenvalue weighted by atomic mass is 10.1. The van der Waals surface area contributed by atoms with Crippen LogP contribution < -0.4 is 0 Å². The maximum Gasteiger partial charge on any atom is 0.253 e. The fourth-order valence-electron chi connectivity index (χ4n) is 3.53. The second kappa shape index (κ2) is 8.76. The number of sulfonamides is 1. The molecule has 2 aromatic carbocycles. The third-order valence-electron chi connectivity index (χ3n) is 5.14. The highest BCUT2D eigenvalue weighted by atomic mass is 79.9. The maximum absolute atomic E-state index is 13.1. The van der Waals surface area contributed by atoms with E-state index in [4.69, 9.17) is 0 Å². The SMILES string of the molecule is CC1CCCCN1S(=O)(=O)c1cccc(C(=O)N(C)Cc2ccccc2Br)c1. The lowest BCUT2D eigenvalue weighted by molar-refractivity contribution is 0.0784. The summed E-state index contributed by atoms with van der Waals surface area (Å²) >= 11 is 3.49. The van der Waals surface area contributed by atoms with Crippen molar-refractivity contribution >= 4 is 31.9 Å². The van der Waals surface area contributed by atoms with Gasteiger partial charge in [0.2, 0.25) is 10.0 Å². The van der Waals surface area contributed by atoms with Crippen LogP contribution in [0.4, 0.5) is 0 Å². The number of halogens is 1. The van der Waals surface area contributed by atoms with Gasteiger partial charge in [0.25, 0.3) is 5.91 Å². The van der Waals surface area contributed by atoms with E-state index < -0.39 is 10.0 Å². The summed E-state index contributed by atoms with van der Waals surface area (Å²) in [6.45, 7) is 2.90. The van der Waals surface area contributed by atoms with Crippen LogP contribution in [0.5, 0.6) is 0 Å². The summed E-state index contributed by atoms with van der Waals surface area (Å²) in [5.41, 5.74) is 1.37. The first-order chi connectivity index (χ1) is 13.3. The number of hydrogen-bond donors (Lipinski definition) is 0. The number of amides is 1. The normalized spacial score (nSPS) is 18.0. The smallest absolute Gasteiger partial charge is 0.253 e. The highest BCUT2D eigenvalue weighted by Crippen LogP contribution is 2.26. The van der Waals surface area contributed by atoms with E-state index in [0.717, 1.165) is 29.3 Å². The quantitative estimate of drug-likeness (QED) is 0.662. The molecular formula is C21H25BrN2O3S. The summed E-state index contributed by atoms with van der Waals surface area (Å²) in [6, 6.07) is 14.1. The first kappa shape index (κ1) is 21.0. The molecule has 150 valence electrons. The van der Waals surface area contributed by atoms with E-state index in [0.29, 0.717) is 18.7 Å². The van der Waals surface area contributed by atoms with Crippen LogP contribution in [-0.4, -0.2) is 43.2 Å². The third-order valence-corrected chi connectivity index (χ3v) is 7.92. The van der Waals surface area contributed by atoms with Crippen molar-refractivity contribution in [1.29, 1.82) is 0 Å². The van der Waals surface area contributed by atoms with Crippen LogP contribution >= 0.6 is 15.9 Å². The highest BCUT2D eigenvalue weighted by molar-refractivity contribution is 9.10. The van der Waals surface area contributed by atoms with Crippen molar-refractivity contribution in [2.45, 2.75) is 43.7 Å². The minimum absolute atomic E-state index is 0.0174. The zero-order valence-corrected chi connectivity index (χ0v) is 18.5. The van der Waals surface area contributed by atoms with Gasteiger partial charge in [-0.2, -0.15) is 4.31 Å². The molecule has 1 heterocycles. The standard InChI is InChI=1S/C21H25BrN2O3S/c1-16-8-5-6-13-24(16)28(26,27)19-11-7-10-17(14-19)21(25)23(2)15-18-9-3-4-12-20(18)22/h3-4,7,9-12,14,16H,5-6,8,13,15H2,1-2H3. The van der Waals surface area contributed by atoms with Gasteiger partial charge in [0.1, 0.15) is 0 Å². The van der Waals surface area contributed by atoms with E-state index >= 15 is 0 Å². The highest BCUT2D eigenvalue weighted by Gasteiger charge is 2.31. The zero-order chi connectivity index (χ0) is 20.3. The predicted molar refractivity (Wildman–Crippen MR) is 114 cm³/mol. The molecule has 1 atom stereocenters. The van der Waals surface area contributed by atoms with Gasteiger partial charge in [-0.15, -0.1) is 0 Å². The molecule has 0 spiro atoms. The lowest BCUT2D eigenvalue weighted by Crippen LogP contribution is -2.42. The van der Waals surface area contributed by atoms with Gasteiger partial charge in [0, 0.05) is 36.2 Å². The van der Waals surface area contributed by atoms with Gasteiger partial charge in [0.05, 0.1) is 4.90 Å². The molecule has 28 heavy (non-hydrogen) atoms. The van der Waals surface area contributed by atoms with Crippen molar-refractivity contribution in [3.63, 3.8) is 0 Å². The van der Waals surface area contributed by atoms with Crippen molar-refractivity contribution in [3.05, 3.63) is 64.1 Å². The van der Waals surface area contributed by atoms with Crippen LogP contribution in [0.2, 0.25) is 0 Å². The van der Waals surface area contributed by atoms with Gasteiger partial charge in [-0.3, -0.25) is 4.79 Å². The van der Waals surface area contributed by atoms with Crippen molar-refractivity contribution in [3.8, 4) is 0 Å². The number of piperidine rings is 1. The molecule has 1 fully saturated rings. The third kappa shape index (κ3) is 4.47. The van der Waals surface area contributed by atoms with Crippen LogP contribution in [0, 0.1) is 0 Å². The Morgan fingerprint density at radius 2 is 1.93 bits per heavy atom. The topological polar surface area (TPSA) is 57.7 Å². The fraction of sp³-hybridized carbons (Fsp3) is 0.381. The summed E-state index contributed by atoms with van der Waals surface area (Å²) in [7, 11) is -1.89. The average Bonchev–Trinajstić information content (AvgIpc) is 2.69. The van der Waals surface area contributed by atoms with Gasteiger partial charge >= 0.3 is 0 Å². The summed E-state index contributed by atoms with van der Waals surface area (Å²) in [5.74, 6) is -0.209. The molecular weight excluding hydrogens is 440 g/mol. The van der Waals surface area contributed by atoms with E-state index in [2.05, 4.69) is 15.9 Å². The van der Waals surface area contributed by atoms with Gasteiger partial charge in [0.15, 0.2) is 0 Å². The molecule has 7 heteroatoms. The summed E-state index contributed by atoms with van der Waals surface area (Å²) in [5, 5.41) is 0. The Morgan fingerprint density at radius 3 is 2.64 bits per heavy atom. The summed E-state index contributed by atoms with van der Waals surface area (Å²) in [4.78, 5) is 14.7. The number of nitrogens with zero attached hydrogens (tertiary/aromatic N) is 2. The second-order valence-corrected chi connectivity index (χ2v) is 9.99. The van der Waals surface area contributed by atoms with Gasteiger partial charge < -0.3 is 4.90 Å². The first-order valence-corrected chi connectivity index (χ1v) is 11.6. The molecule has 0 bridgehead atoms. The monoisotopic (exact) mass is 464 g/mol. The summed E-state index contributed by atoms with van der Waals surface area (Å²) < 4.78 is 28.6. The molecule has 3 rings (SSSR count). The van der Waals surface area contributed by atoms with Crippen molar-refractivity contribution in [1.82, 2.24) is 9.21 Å². The van der Waals surface area contributed by atoms with Crippen LogP contribution in [0.25, 0.3) is 0 Å². The molecule has 0 saturated carbocycles. The Bertz CT molecular complexity index is 962. The first-order valence-electron chi connectivity index (χ1n) is 9.41. The van der Waals surface area contributed by atoms with Crippen LogP contribution in [0.3, 0.4) is 0 Å². The minimum Gasteiger partial charge on any atom is -0.337 e. The van der Waals surface area contributed by atoms with Gasteiger partial charge in [-0.05, 0) is 49.6 Å². The van der Waals surface area contributed by atoms with Crippen LogP contribution in [-0.2, 0) is 16.6 Å². The van der Waals surface area contributed by atoms with Crippen molar-refractivity contribution in [2.75, 3.05) is 13.6 Å². The largest absolute Gasteiger partial charge is 0.337 e. The van der Waals surface area contributed by atoms with Gasteiger partial charge in [-0.1, -0.05) is 46.6 Å². The zero-order valence-electron chi connectivity index (χ0n) is 16.1. The Balaban J connectivity index is 1.82. The Hall–Kier alpha value is -1.70. The predicted octanol–water partition coefficient (Wildman–Crippen LogP) is 4.28. The molecule has 1 aliphatic rings. The maximum atomic E-state index is 13.1. The average molecular weight is 465 g/mol. The van der Waals surface area contributed by atoms with Crippen LogP contribution in [0.1, 0.15) is 42.1 Å². The fourth-order valence-corrected chi connectivity index (χ4v) is 5.68. The van der Waals surface area contributed by atoms with E-state index in [1.54, 1.807) is 34.5 Å². The number of hydrogen-bond acceptors (Lipinski definition) is 3. The van der Waals surface area contributed by atoms with E-state index in [9.17, 15) is 13.2 Å². The van der Waals surface area contributed by atoms with Crippen molar-refractivity contribution in [2.24, 2.45) is 0 Å². The molecule has 0 N–H and O–H groups in total. The van der Waals surface area contributed by atoms with E-state index in [1.807, 2.05) is 31.2 Å². The van der Waals surface area contributed by atoms with Gasteiger partial charge in [-0.25, -0.2) is 8.42 Å². The molecule has 1 aliphatic heterocycles. The molecule has 0 radical (unpaired) electrons. The Labute approximate surface area is 175 Å². The summed E-state index contributed by atoms with van der Waals surface area (Å²) in [6.07, 6.45) is 2.79. The Kier molecular flexibility index (Phi) is 6.58. The molecule has 0 aliphatic carbocycles. The Morgan fingerprint density at radius 1 is 1.18 bits per heavy atom. The molecule has 1 saturated heterocycles. The second-order valence-electron chi connectivity index (χ2n) is 7.24. The molecule has 0 aromatic heterocycles. The van der Waals surface area contributed by atoms with Crippen molar-refractivity contribution < 1.29 is 13.2 Å². The molecule has 1 unspecified atom stereocenters. The van der Waals surface area contributed by atoms with Crippen LogP contribution in [0.15, 0.2) is 57.9 Å². The number of carbonyl (C=O) groups is 1.